The first-order chi connectivity index (χ1) is 14.9. The standard InChI is InChI=1S/C26H34N2O2S/c1-19-12-14-24(15-13-19)31-18-25(29)28(17-22-9-7-8-20(2)16-22)21(3)26(30)27-23-10-5-4-6-11-23/h7-9,12-16,21,23H,4-6,10-11,17-18H2,1-3H3,(H,27,30)/t21-/m1/s1. The molecule has 166 valence electrons. The van der Waals surface area contributed by atoms with Gasteiger partial charge in [0.2, 0.25) is 11.8 Å². The Morgan fingerprint density at radius 2 is 1.74 bits per heavy atom. The van der Waals surface area contributed by atoms with Gasteiger partial charge in [0.05, 0.1) is 5.75 Å². The maximum atomic E-state index is 13.2. The van der Waals surface area contributed by atoms with Gasteiger partial charge in [0, 0.05) is 17.5 Å². The van der Waals surface area contributed by atoms with E-state index in [1.54, 1.807) is 4.90 Å². The highest BCUT2D eigenvalue weighted by Gasteiger charge is 2.28. The van der Waals surface area contributed by atoms with E-state index in [0.717, 1.165) is 28.9 Å². The molecule has 2 aromatic rings. The Balaban J connectivity index is 1.70. The zero-order valence-corrected chi connectivity index (χ0v) is 19.7. The molecule has 4 nitrogen and oxygen atoms in total. The maximum Gasteiger partial charge on any atom is 0.242 e. The molecule has 1 fully saturated rings. The van der Waals surface area contributed by atoms with Crippen LogP contribution in [0.1, 0.15) is 55.7 Å². The van der Waals surface area contributed by atoms with Crippen molar-refractivity contribution in [2.24, 2.45) is 0 Å². The fourth-order valence-corrected chi connectivity index (χ4v) is 4.81. The number of benzene rings is 2. The molecule has 0 saturated heterocycles. The molecule has 0 radical (unpaired) electrons. The zero-order valence-electron chi connectivity index (χ0n) is 18.9. The van der Waals surface area contributed by atoms with Gasteiger partial charge in [0.15, 0.2) is 0 Å². The molecule has 0 aliphatic heterocycles. The number of nitrogens with one attached hydrogen (secondary N) is 1. The Labute approximate surface area is 190 Å². The van der Waals surface area contributed by atoms with Gasteiger partial charge < -0.3 is 10.2 Å². The zero-order chi connectivity index (χ0) is 22.2. The molecule has 3 rings (SSSR count). The van der Waals surface area contributed by atoms with Crippen LogP contribution in [0.15, 0.2) is 53.4 Å². The van der Waals surface area contributed by atoms with Crippen LogP contribution < -0.4 is 5.32 Å². The van der Waals surface area contributed by atoms with Gasteiger partial charge in [-0.05, 0) is 51.3 Å². The van der Waals surface area contributed by atoms with E-state index in [-0.39, 0.29) is 17.9 Å². The Hall–Kier alpha value is -2.27. The van der Waals surface area contributed by atoms with Crippen molar-refractivity contribution in [2.75, 3.05) is 5.75 Å². The number of nitrogens with zero attached hydrogens (tertiary/aromatic N) is 1. The van der Waals surface area contributed by atoms with Gasteiger partial charge >= 0.3 is 0 Å². The smallest absolute Gasteiger partial charge is 0.242 e. The average molecular weight is 439 g/mol. The molecule has 2 amide bonds. The highest BCUT2D eigenvalue weighted by molar-refractivity contribution is 8.00. The molecule has 1 saturated carbocycles. The maximum absolute atomic E-state index is 13.2. The molecule has 0 heterocycles. The second-order valence-electron chi connectivity index (χ2n) is 8.63. The number of rotatable bonds is 8. The number of hydrogen-bond acceptors (Lipinski definition) is 3. The van der Waals surface area contributed by atoms with Crippen molar-refractivity contribution in [1.82, 2.24) is 10.2 Å². The summed E-state index contributed by atoms with van der Waals surface area (Å²) in [7, 11) is 0. The second-order valence-corrected chi connectivity index (χ2v) is 9.68. The third-order valence-corrected chi connectivity index (χ3v) is 6.93. The first kappa shape index (κ1) is 23.4. The topological polar surface area (TPSA) is 49.4 Å². The lowest BCUT2D eigenvalue weighted by Crippen LogP contribution is -2.50. The summed E-state index contributed by atoms with van der Waals surface area (Å²) in [5.41, 5.74) is 3.40. The van der Waals surface area contributed by atoms with Crippen molar-refractivity contribution in [3.05, 3.63) is 65.2 Å². The summed E-state index contributed by atoms with van der Waals surface area (Å²) in [5, 5.41) is 3.19. The Morgan fingerprint density at radius 3 is 2.42 bits per heavy atom. The highest BCUT2D eigenvalue weighted by Crippen LogP contribution is 2.21. The van der Waals surface area contributed by atoms with E-state index in [9.17, 15) is 9.59 Å². The average Bonchev–Trinajstić information content (AvgIpc) is 2.77. The third-order valence-electron chi connectivity index (χ3n) is 5.94. The summed E-state index contributed by atoms with van der Waals surface area (Å²) >= 11 is 1.52. The molecule has 1 aliphatic rings. The molecule has 1 aliphatic carbocycles. The lowest BCUT2D eigenvalue weighted by molar-refractivity contribution is -0.139. The number of carbonyl (C=O) groups excluding carboxylic acids is 2. The predicted molar refractivity (Wildman–Crippen MR) is 128 cm³/mol. The minimum absolute atomic E-state index is 0.0154. The lowest BCUT2D eigenvalue weighted by atomic mass is 9.95. The van der Waals surface area contributed by atoms with Crippen LogP contribution in [0.2, 0.25) is 0 Å². The normalized spacial score (nSPS) is 15.3. The van der Waals surface area contributed by atoms with Crippen LogP contribution in [0, 0.1) is 13.8 Å². The van der Waals surface area contributed by atoms with E-state index >= 15 is 0 Å². The van der Waals surface area contributed by atoms with E-state index in [2.05, 4.69) is 30.4 Å². The lowest BCUT2D eigenvalue weighted by Gasteiger charge is -2.31. The van der Waals surface area contributed by atoms with Crippen molar-refractivity contribution in [1.29, 1.82) is 0 Å². The molecule has 0 bridgehead atoms. The molecule has 5 heteroatoms. The van der Waals surface area contributed by atoms with Crippen LogP contribution in [-0.2, 0) is 16.1 Å². The second kappa shape index (κ2) is 11.4. The van der Waals surface area contributed by atoms with Crippen LogP contribution in [0.4, 0.5) is 0 Å². The quantitative estimate of drug-likeness (QED) is 0.572. The van der Waals surface area contributed by atoms with Crippen LogP contribution in [0.25, 0.3) is 0 Å². The summed E-state index contributed by atoms with van der Waals surface area (Å²) < 4.78 is 0. The van der Waals surface area contributed by atoms with Crippen molar-refractivity contribution in [3.63, 3.8) is 0 Å². The first-order valence-electron chi connectivity index (χ1n) is 11.3. The van der Waals surface area contributed by atoms with Crippen molar-refractivity contribution < 1.29 is 9.59 Å². The number of carbonyl (C=O) groups is 2. The van der Waals surface area contributed by atoms with Crippen molar-refractivity contribution in [3.8, 4) is 0 Å². The van der Waals surface area contributed by atoms with E-state index in [0.29, 0.717) is 12.3 Å². The highest BCUT2D eigenvalue weighted by atomic mass is 32.2. The summed E-state index contributed by atoms with van der Waals surface area (Å²) in [6, 6.07) is 16.1. The van der Waals surface area contributed by atoms with E-state index in [1.165, 1.54) is 36.6 Å². The molecule has 2 aromatic carbocycles. The molecule has 1 N–H and O–H groups in total. The molecule has 1 atom stereocenters. The minimum atomic E-state index is -0.506. The number of aryl methyl sites for hydroxylation is 2. The molecule has 0 aromatic heterocycles. The predicted octanol–water partition coefficient (Wildman–Crippen LogP) is 5.26. The summed E-state index contributed by atoms with van der Waals surface area (Å²) in [5.74, 6) is 0.252. The molecule has 31 heavy (non-hydrogen) atoms. The molecule has 0 spiro atoms. The van der Waals surface area contributed by atoms with Gasteiger partial charge in [-0.2, -0.15) is 0 Å². The fraction of sp³-hybridized carbons (Fsp3) is 0.462. The third kappa shape index (κ3) is 7.13. The Morgan fingerprint density at radius 1 is 1.03 bits per heavy atom. The molecule has 0 unspecified atom stereocenters. The molecular weight excluding hydrogens is 404 g/mol. The summed E-state index contributed by atoms with van der Waals surface area (Å²) in [6.45, 7) is 6.38. The van der Waals surface area contributed by atoms with Gasteiger partial charge in [-0.15, -0.1) is 11.8 Å². The van der Waals surface area contributed by atoms with Crippen LogP contribution in [-0.4, -0.2) is 34.6 Å². The Kier molecular flexibility index (Phi) is 8.59. The Bertz CT molecular complexity index is 875. The van der Waals surface area contributed by atoms with E-state index in [1.807, 2.05) is 44.2 Å². The van der Waals surface area contributed by atoms with E-state index in [4.69, 9.17) is 0 Å². The first-order valence-corrected chi connectivity index (χ1v) is 12.3. The fourth-order valence-electron chi connectivity index (χ4n) is 4.02. The number of thioether (sulfide) groups is 1. The van der Waals surface area contributed by atoms with Crippen LogP contribution in [0.3, 0.4) is 0 Å². The minimum Gasteiger partial charge on any atom is -0.352 e. The van der Waals surface area contributed by atoms with Gasteiger partial charge in [0.25, 0.3) is 0 Å². The largest absolute Gasteiger partial charge is 0.352 e. The summed E-state index contributed by atoms with van der Waals surface area (Å²) in [6.07, 6.45) is 5.65. The van der Waals surface area contributed by atoms with Crippen LogP contribution in [0.5, 0.6) is 0 Å². The summed E-state index contributed by atoms with van der Waals surface area (Å²) in [4.78, 5) is 29.0. The van der Waals surface area contributed by atoms with Gasteiger partial charge in [0.1, 0.15) is 6.04 Å². The SMILES string of the molecule is Cc1ccc(SCC(=O)N(Cc2cccc(C)c2)[C@H](C)C(=O)NC2CCCCC2)cc1. The van der Waals surface area contributed by atoms with Crippen molar-refractivity contribution >= 4 is 23.6 Å². The number of hydrogen-bond donors (Lipinski definition) is 1. The van der Waals surface area contributed by atoms with Gasteiger partial charge in [-0.1, -0.05) is 66.8 Å². The molecular formula is C26H34N2O2S. The van der Waals surface area contributed by atoms with Crippen LogP contribution >= 0.6 is 11.8 Å². The van der Waals surface area contributed by atoms with Crippen molar-refractivity contribution in [2.45, 2.75) is 76.4 Å². The van der Waals surface area contributed by atoms with Gasteiger partial charge in [-0.25, -0.2) is 0 Å². The van der Waals surface area contributed by atoms with Gasteiger partial charge in [-0.3, -0.25) is 9.59 Å². The monoisotopic (exact) mass is 438 g/mol. The number of amides is 2. The van der Waals surface area contributed by atoms with E-state index < -0.39 is 6.04 Å².